The Morgan fingerprint density at radius 3 is 2.58 bits per heavy atom. The molecule has 5 rings (SSSR count). The molecule has 0 saturated carbocycles. The molecule has 3 atom stereocenters. The summed E-state index contributed by atoms with van der Waals surface area (Å²) in [6, 6.07) is 8.15. The van der Waals surface area contributed by atoms with Crippen LogP contribution in [0.15, 0.2) is 24.3 Å². The molecule has 2 N–H and O–H groups in total. The number of ether oxygens (including phenoxy) is 2. The fraction of sp³-hybridized carbons (Fsp3) is 0.517. The predicted molar refractivity (Wildman–Crippen MR) is 152 cm³/mol. The van der Waals surface area contributed by atoms with Crippen LogP contribution >= 0.6 is 24.2 Å². The minimum absolute atomic E-state index is 0. The lowest BCUT2D eigenvalue weighted by atomic mass is 9.87. The van der Waals surface area contributed by atoms with E-state index in [9.17, 15) is 14.7 Å². The Balaban J connectivity index is 0.00000336. The van der Waals surface area contributed by atoms with Gasteiger partial charge in [-0.05, 0) is 101 Å². The molecule has 206 valence electrons. The molecule has 0 aliphatic carbocycles. The monoisotopic (exact) mass is 560 g/mol. The lowest BCUT2D eigenvalue weighted by Crippen LogP contribution is -2.50. The van der Waals surface area contributed by atoms with Gasteiger partial charge in [-0.2, -0.15) is 0 Å². The molecule has 2 aromatic rings. The first-order valence-corrected chi connectivity index (χ1v) is 14.0. The molecule has 2 unspecified atom stereocenters. The number of rotatable bonds is 7. The van der Waals surface area contributed by atoms with Crippen molar-refractivity contribution in [1.82, 2.24) is 10.2 Å². The Hall–Kier alpha value is -2.42. The highest BCUT2D eigenvalue weighted by Crippen LogP contribution is 2.43. The zero-order valence-electron chi connectivity index (χ0n) is 22.5. The highest BCUT2D eigenvalue weighted by atomic mass is 35.5. The van der Waals surface area contributed by atoms with Gasteiger partial charge in [-0.3, -0.25) is 19.8 Å². The van der Waals surface area contributed by atoms with Gasteiger partial charge in [-0.1, -0.05) is 23.9 Å². The second-order valence-corrected chi connectivity index (χ2v) is 12.1. The third-order valence-corrected chi connectivity index (χ3v) is 9.16. The number of likely N-dealkylation sites (tertiary alicyclic amines) is 1. The van der Waals surface area contributed by atoms with E-state index in [-0.39, 0.29) is 34.4 Å². The van der Waals surface area contributed by atoms with Crippen molar-refractivity contribution in [2.45, 2.75) is 76.7 Å². The molecular weight excluding hydrogens is 524 g/mol. The van der Waals surface area contributed by atoms with Crippen LogP contribution in [-0.2, 0) is 17.6 Å². The molecule has 7 nitrogen and oxygen atoms in total. The molecule has 2 fully saturated rings. The first-order valence-electron chi connectivity index (χ1n) is 13.1. The maximum atomic E-state index is 11.8. The van der Waals surface area contributed by atoms with Crippen molar-refractivity contribution in [2.24, 2.45) is 0 Å². The van der Waals surface area contributed by atoms with Crippen LogP contribution in [0.2, 0.25) is 0 Å². The van der Waals surface area contributed by atoms with Crippen LogP contribution in [0.25, 0.3) is 0 Å². The second kappa shape index (κ2) is 11.4. The summed E-state index contributed by atoms with van der Waals surface area (Å²) in [6.45, 7) is 10.7. The van der Waals surface area contributed by atoms with E-state index >= 15 is 0 Å². The topological polar surface area (TPSA) is 88.1 Å². The van der Waals surface area contributed by atoms with Crippen molar-refractivity contribution in [3.8, 4) is 17.2 Å². The van der Waals surface area contributed by atoms with Gasteiger partial charge in [-0.15, -0.1) is 12.4 Å². The number of benzene rings is 2. The molecule has 3 heterocycles. The van der Waals surface area contributed by atoms with E-state index in [1.54, 1.807) is 0 Å². The summed E-state index contributed by atoms with van der Waals surface area (Å²) in [5, 5.41) is 12.2. The number of halogens is 1. The Morgan fingerprint density at radius 2 is 1.89 bits per heavy atom. The maximum absolute atomic E-state index is 11.8. The van der Waals surface area contributed by atoms with Gasteiger partial charge in [0.2, 0.25) is 5.91 Å². The van der Waals surface area contributed by atoms with E-state index in [2.05, 4.69) is 17.1 Å². The highest BCUT2D eigenvalue weighted by Gasteiger charge is 2.39. The van der Waals surface area contributed by atoms with Crippen molar-refractivity contribution in [3.05, 3.63) is 52.1 Å². The SMILES string of the molecule is Cc1c(C)c2c(c(C)c1O)CCC(C)(CN1CCC[C@H]1COc1ccc(CC3SC(=O)NC3=O)cc1)O2.Cl. The standard InChI is InChI=1S/C29H36N2O5S.ClH/c1-17-18(2)26-23(19(3)25(17)32)11-12-29(4,36-26)16-31-13-5-6-21(31)15-35-22-9-7-20(8-10-22)14-24-27(33)30-28(34)37-24;/h7-10,21,24,32H,5-6,11-16H2,1-4H3,(H,30,33,34);1H/t21-,24?,29?;/m0./s1. The van der Waals surface area contributed by atoms with Gasteiger partial charge < -0.3 is 14.6 Å². The van der Waals surface area contributed by atoms with Gasteiger partial charge in [0.05, 0.1) is 5.25 Å². The van der Waals surface area contributed by atoms with Crippen molar-refractivity contribution >= 4 is 35.3 Å². The zero-order chi connectivity index (χ0) is 26.3. The number of hydrogen-bond donors (Lipinski definition) is 2. The summed E-state index contributed by atoms with van der Waals surface area (Å²) in [5.41, 5.74) is 4.74. The molecule has 0 radical (unpaired) electrons. The third kappa shape index (κ3) is 5.77. The average Bonchev–Trinajstić information content (AvgIpc) is 3.44. The maximum Gasteiger partial charge on any atom is 0.286 e. The van der Waals surface area contributed by atoms with Crippen LogP contribution in [-0.4, -0.2) is 57.7 Å². The highest BCUT2D eigenvalue weighted by molar-refractivity contribution is 8.15. The Bertz CT molecular complexity index is 1220. The van der Waals surface area contributed by atoms with Gasteiger partial charge in [0.15, 0.2) is 0 Å². The third-order valence-electron chi connectivity index (χ3n) is 8.18. The first kappa shape index (κ1) is 28.6. The van der Waals surface area contributed by atoms with Crippen molar-refractivity contribution in [1.29, 1.82) is 0 Å². The van der Waals surface area contributed by atoms with Crippen LogP contribution in [0, 0.1) is 20.8 Å². The summed E-state index contributed by atoms with van der Waals surface area (Å²) in [4.78, 5) is 25.7. The zero-order valence-corrected chi connectivity index (χ0v) is 24.1. The summed E-state index contributed by atoms with van der Waals surface area (Å²) >= 11 is 1.05. The molecule has 0 bridgehead atoms. The normalized spacial score (nSPS) is 24.9. The van der Waals surface area contributed by atoms with E-state index in [1.807, 2.05) is 45.0 Å². The number of amides is 2. The van der Waals surface area contributed by atoms with Gasteiger partial charge in [0, 0.05) is 18.2 Å². The number of carbonyl (C=O) groups excluding carboxylic acids is 2. The number of nitrogens with zero attached hydrogens (tertiary/aromatic N) is 1. The Kier molecular flexibility index (Phi) is 8.55. The number of hydrogen-bond acceptors (Lipinski definition) is 7. The largest absolute Gasteiger partial charge is 0.507 e. The van der Waals surface area contributed by atoms with E-state index in [1.165, 1.54) is 0 Å². The molecule has 2 aromatic carbocycles. The van der Waals surface area contributed by atoms with E-state index in [4.69, 9.17) is 9.47 Å². The Morgan fingerprint density at radius 1 is 1.16 bits per heavy atom. The summed E-state index contributed by atoms with van der Waals surface area (Å²) in [5.74, 6) is 1.94. The number of aromatic hydroxyl groups is 1. The fourth-order valence-electron chi connectivity index (χ4n) is 5.78. The van der Waals surface area contributed by atoms with Crippen molar-refractivity contribution < 1.29 is 24.2 Å². The molecule has 3 aliphatic rings. The summed E-state index contributed by atoms with van der Waals surface area (Å²) < 4.78 is 12.9. The number of imide groups is 1. The van der Waals surface area contributed by atoms with E-state index < -0.39 is 0 Å². The number of phenolic OH excluding ortho intramolecular Hbond substituents is 1. The molecule has 3 aliphatic heterocycles. The van der Waals surface area contributed by atoms with Crippen molar-refractivity contribution in [3.63, 3.8) is 0 Å². The van der Waals surface area contributed by atoms with Crippen molar-refractivity contribution in [2.75, 3.05) is 19.7 Å². The molecule has 38 heavy (non-hydrogen) atoms. The molecule has 2 amide bonds. The quantitative estimate of drug-likeness (QED) is 0.477. The van der Waals surface area contributed by atoms with Gasteiger partial charge in [0.1, 0.15) is 29.5 Å². The number of phenols is 1. The minimum atomic E-state index is -0.357. The number of fused-ring (bicyclic) bond motifs is 1. The van der Waals surface area contributed by atoms with Crippen LogP contribution in [0.1, 0.15) is 54.0 Å². The molecule has 2 saturated heterocycles. The first-order chi connectivity index (χ1) is 17.6. The van der Waals surface area contributed by atoms with Gasteiger partial charge >= 0.3 is 0 Å². The molecule has 0 aromatic heterocycles. The van der Waals surface area contributed by atoms with Crippen LogP contribution in [0.4, 0.5) is 4.79 Å². The van der Waals surface area contributed by atoms with E-state index in [0.717, 1.165) is 89.9 Å². The average molecular weight is 561 g/mol. The second-order valence-electron chi connectivity index (χ2n) is 10.9. The fourth-order valence-corrected chi connectivity index (χ4v) is 6.64. The number of nitrogens with one attached hydrogen (secondary N) is 1. The van der Waals surface area contributed by atoms with Gasteiger partial charge in [-0.25, -0.2) is 0 Å². The molecule has 9 heteroatoms. The summed E-state index contributed by atoms with van der Waals surface area (Å²) in [6.07, 6.45) is 4.58. The van der Waals surface area contributed by atoms with Crippen LogP contribution < -0.4 is 14.8 Å². The Labute approximate surface area is 235 Å². The van der Waals surface area contributed by atoms with Crippen LogP contribution in [0.5, 0.6) is 17.2 Å². The number of carbonyl (C=O) groups is 2. The lowest BCUT2D eigenvalue weighted by molar-refractivity contribution is -0.118. The minimum Gasteiger partial charge on any atom is -0.507 e. The lowest BCUT2D eigenvalue weighted by Gasteiger charge is -2.41. The van der Waals surface area contributed by atoms with Gasteiger partial charge in [0.25, 0.3) is 5.24 Å². The smallest absolute Gasteiger partial charge is 0.286 e. The summed E-state index contributed by atoms with van der Waals surface area (Å²) in [7, 11) is 0. The van der Waals surface area contributed by atoms with Crippen LogP contribution in [0.3, 0.4) is 0 Å². The van der Waals surface area contributed by atoms with E-state index in [0.29, 0.717) is 24.8 Å². The predicted octanol–water partition coefficient (Wildman–Crippen LogP) is 5.26. The number of thioether (sulfide) groups is 1. The molecule has 0 spiro atoms. The molecular formula is C29H37ClN2O5S.